The van der Waals surface area contributed by atoms with Crippen LogP contribution in [0.2, 0.25) is 0 Å². The van der Waals surface area contributed by atoms with E-state index in [1.807, 2.05) is 32.0 Å². The number of carbonyl (C=O) groups is 1. The molecule has 1 atom stereocenters. The number of aromatic nitrogens is 4. The zero-order valence-corrected chi connectivity index (χ0v) is 15.8. The number of nitrogens with zero attached hydrogens (tertiary/aromatic N) is 5. The van der Waals surface area contributed by atoms with Gasteiger partial charge in [0.25, 0.3) is 5.91 Å². The fourth-order valence-electron chi connectivity index (χ4n) is 3.81. The van der Waals surface area contributed by atoms with E-state index in [4.69, 9.17) is 4.52 Å². The summed E-state index contributed by atoms with van der Waals surface area (Å²) in [7, 11) is 1.84. The SMILES string of the molecule is Cc1noc(C)c1-c1ccc(C2CCCN(C(=O)c3nccn3C)C2)nc1. The molecule has 27 heavy (non-hydrogen) atoms. The smallest absolute Gasteiger partial charge is 0.289 e. The number of pyridine rings is 1. The molecule has 0 spiro atoms. The molecule has 0 saturated carbocycles. The molecular formula is C20H23N5O2. The molecule has 1 aliphatic rings. The molecule has 1 aliphatic heterocycles. The van der Waals surface area contributed by atoms with Gasteiger partial charge in [0.2, 0.25) is 0 Å². The lowest BCUT2D eigenvalue weighted by Gasteiger charge is -2.32. The van der Waals surface area contributed by atoms with Gasteiger partial charge in [-0.1, -0.05) is 11.2 Å². The first-order chi connectivity index (χ1) is 13.0. The summed E-state index contributed by atoms with van der Waals surface area (Å²) in [5.41, 5.74) is 3.89. The van der Waals surface area contributed by atoms with Crippen LogP contribution >= 0.6 is 0 Å². The minimum absolute atomic E-state index is 0.0143. The molecule has 3 aromatic heterocycles. The minimum Gasteiger partial charge on any atom is -0.361 e. The lowest BCUT2D eigenvalue weighted by molar-refractivity contribution is 0.0690. The lowest BCUT2D eigenvalue weighted by atomic mass is 9.93. The van der Waals surface area contributed by atoms with Gasteiger partial charge < -0.3 is 14.0 Å². The molecule has 1 unspecified atom stereocenters. The Balaban J connectivity index is 1.52. The number of hydrogen-bond acceptors (Lipinski definition) is 5. The van der Waals surface area contributed by atoms with E-state index in [0.717, 1.165) is 47.7 Å². The highest BCUT2D eigenvalue weighted by molar-refractivity contribution is 5.90. The van der Waals surface area contributed by atoms with Crippen LogP contribution < -0.4 is 0 Å². The molecule has 1 saturated heterocycles. The van der Waals surface area contributed by atoms with Crippen LogP contribution in [-0.4, -0.2) is 43.6 Å². The number of hydrogen-bond donors (Lipinski definition) is 0. The Labute approximate surface area is 158 Å². The molecule has 0 radical (unpaired) electrons. The average Bonchev–Trinajstić information content (AvgIpc) is 3.26. The number of amides is 1. The van der Waals surface area contributed by atoms with Crippen LogP contribution in [0.1, 0.15) is 46.5 Å². The first-order valence-electron chi connectivity index (χ1n) is 9.20. The Morgan fingerprint density at radius 1 is 1.26 bits per heavy atom. The van der Waals surface area contributed by atoms with Crippen LogP contribution in [0.25, 0.3) is 11.1 Å². The number of piperidine rings is 1. The summed E-state index contributed by atoms with van der Waals surface area (Å²) in [6.45, 7) is 5.27. The van der Waals surface area contributed by atoms with Gasteiger partial charge in [-0.25, -0.2) is 4.98 Å². The highest BCUT2D eigenvalue weighted by Crippen LogP contribution is 2.30. The molecule has 7 heteroatoms. The summed E-state index contributed by atoms with van der Waals surface area (Å²) in [6, 6.07) is 4.12. The molecular weight excluding hydrogens is 342 g/mol. The first kappa shape index (κ1) is 17.5. The van der Waals surface area contributed by atoms with Crippen molar-refractivity contribution in [2.75, 3.05) is 13.1 Å². The van der Waals surface area contributed by atoms with Crippen molar-refractivity contribution in [2.45, 2.75) is 32.6 Å². The summed E-state index contributed by atoms with van der Waals surface area (Å²) >= 11 is 0. The highest BCUT2D eigenvalue weighted by Gasteiger charge is 2.28. The van der Waals surface area contributed by atoms with Gasteiger partial charge in [0.05, 0.1) is 5.69 Å². The molecule has 0 aliphatic carbocycles. The van der Waals surface area contributed by atoms with Crippen molar-refractivity contribution in [2.24, 2.45) is 7.05 Å². The van der Waals surface area contributed by atoms with Gasteiger partial charge in [0.1, 0.15) is 5.76 Å². The van der Waals surface area contributed by atoms with Crippen molar-refractivity contribution in [1.29, 1.82) is 0 Å². The fraction of sp³-hybridized carbons (Fsp3) is 0.400. The van der Waals surface area contributed by atoms with Gasteiger partial charge in [-0.05, 0) is 32.8 Å². The van der Waals surface area contributed by atoms with Crippen LogP contribution in [-0.2, 0) is 7.05 Å². The molecule has 0 aromatic carbocycles. The predicted octanol–water partition coefficient (Wildman–Crippen LogP) is 3.11. The maximum absolute atomic E-state index is 12.7. The Morgan fingerprint density at radius 3 is 2.74 bits per heavy atom. The molecule has 3 aromatic rings. The normalized spacial score (nSPS) is 17.3. The third-order valence-corrected chi connectivity index (χ3v) is 5.25. The van der Waals surface area contributed by atoms with Crippen molar-refractivity contribution in [3.63, 3.8) is 0 Å². The summed E-state index contributed by atoms with van der Waals surface area (Å²) in [5, 5.41) is 4.01. The van der Waals surface area contributed by atoms with E-state index in [1.54, 1.807) is 17.0 Å². The molecule has 7 nitrogen and oxygen atoms in total. The number of carbonyl (C=O) groups excluding carboxylic acids is 1. The van der Waals surface area contributed by atoms with Crippen LogP contribution in [0.3, 0.4) is 0 Å². The quantitative estimate of drug-likeness (QED) is 0.713. The maximum atomic E-state index is 12.7. The van der Waals surface area contributed by atoms with E-state index in [-0.39, 0.29) is 11.8 Å². The van der Waals surface area contributed by atoms with E-state index in [1.165, 1.54) is 0 Å². The fourth-order valence-corrected chi connectivity index (χ4v) is 3.81. The summed E-state index contributed by atoms with van der Waals surface area (Å²) in [5.74, 6) is 1.50. The Bertz CT molecular complexity index is 938. The Hall–Kier alpha value is -2.96. The van der Waals surface area contributed by atoms with Crippen molar-refractivity contribution in [3.8, 4) is 11.1 Å². The van der Waals surface area contributed by atoms with E-state index < -0.39 is 0 Å². The zero-order valence-electron chi connectivity index (χ0n) is 15.8. The largest absolute Gasteiger partial charge is 0.361 e. The van der Waals surface area contributed by atoms with E-state index >= 15 is 0 Å². The predicted molar refractivity (Wildman–Crippen MR) is 100 cm³/mol. The Kier molecular flexibility index (Phi) is 4.51. The van der Waals surface area contributed by atoms with E-state index in [0.29, 0.717) is 12.4 Å². The zero-order chi connectivity index (χ0) is 19.0. The van der Waals surface area contributed by atoms with Crippen molar-refractivity contribution in [3.05, 3.63) is 53.7 Å². The van der Waals surface area contributed by atoms with Crippen LogP contribution in [0.4, 0.5) is 0 Å². The molecule has 0 bridgehead atoms. The topological polar surface area (TPSA) is 77.0 Å². The van der Waals surface area contributed by atoms with Gasteiger partial charge in [0, 0.05) is 61.5 Å². The third-order valence-electron chi connectivity index (χ3n) is 5.25. The summed E-state index contributed by atoms with van der Waals surface area (Å²) < 4.78 is 7.02. The van der Waals surface area contributed by atoms with Gasteiger partial charge in [-0.15, -0.1) is 0 Å². The minimum atomic E-state index is -0.0143. The van der Waals surface area contributed by atoms with Crippen molar-refractivity contribution >= 4 is 5.91 Å². The van der Waals surface area contributed by atoms with E-state index in [2.05, 4.69) is 27.3 Å². The summed E-state index contributed by atoms with van der Waals surface area (Å²) in [4.78, 5) is 23.5. The number of rotatable bonds is 3. The van der Waals surface area contributed by atoms with Gasteiger partial charge in [0.15, 0.2) is 5.82 Å². The molecule has 140 valence electrons. The number of imidazole rings is 1. The molecule has 4 rings (SSSR count). The molecule has 0 N–H and O–H groups in total. The highest BCUT2D eigenvalue weighted by atomic mass is 16.5. The second-order valence-electron chi connectivity index (χ2n) is 7.12. The maximum Gasteiger partial charge on any atom is 0.289 e. The summed E-state index contributed by atoms with van der Waals surface area (Å²) in [6.07, 6.45) is 7.32. The first-order valence-corrected chi connectivity index (χ1v) is 9.20. The van der Waals surface area contributed by atoms with E-state index in [9.17, 15) is 4.79 Å². The number of aryl methyl sites for hydroxylation is 3. The van der Waals surface area contributed by atoms with Crippen molar-refractivity contribution in [1.82, 2.24) is 24.6 Å². The van der Waals surface area contributed by atoms with Crippen LogP contribution in [0.15, 0.2) is 35.2 Å². The second kappa shape index (κ2) is 6.98. The lowest BCUT2D eigenvalue weighted by Crippen LogP contribution is -2.40. The van der Waals surface area contributed by atoms with Crippen LogP contribution in [0.5, 0.6) is 0 Å². The monoisotopic (exact) mass is 365 g/mol. The van der Waals surface area contributed by atoms with Gasteiger partial charge in [-0.3, -0.25) is 9.78 Å². The van der Waals surface area contributed by atoms with Crippen molar-refractivity contribution < 1.29 is 9.32 Å². The van der Waals surface area contributed by atoms with Crippen LogP contribution in [0, 0.1) is 13.8 Å². The standard InChI is InChI=1S/C20H23N5O2/c1-13-18(14(2)27-23-13)15-6-7-17(22-11-15)16-5-4-9-25(12-16)20(26)19-21-8-10-24(19)3/h6-8,10-11,16H,4-5,9,12H2,1-3H3. The Morgan fingerprint density at radius 2 is 2.11 bits per heavy atom. The second-order valence-corrected chi connectivity index (χ2v) is 7.12. The van der Waals surface area contributed by atoms with Gasteiger partial charge in [-0.2, -0.15) is 0 Å². The number of likely N-dealkylation sites (tertiary alicyclic amines) is 1. The molecule has 1 amide bonds. The molecule has 4 heterocycles. The third kappa shape index (κ3) is 3.25. The molecule has 1 fully saturated rings. The van der Waals surface area contributed by atoms with Gasteiger partial charge >= 0.3 is 0 Å². The average molecular weight is 365 g/mol.